The van der Waals surface area contributed by atoms with Crippen LogP contribution in [-0.2, 0) is 12.7 Å². The maximum atomic E-state index is 12.7. The van der Waals surface area contributed by atoms with Crippen molar-refractivity contribution in [3.05, 3.63) is 46.2 Å². The van der Waals surface area contributed by atoms with E-state index in [1.165, 1.54) is 0 Å². The minimum absolute atomic E-state index is 0.0979. The molecule has 8 heteroatoms. The summed E-state index contributed by atoms with van der Waals surface area (Å²) in [6.07, 6.45) is 0.109. The van der Waals surface area contributed by atoms with Gasteiger partial charge in [0.05, 0.1) is 12.7 Å². The first-order valence-electron chi connectivity index (χ1n) is 6.90. The molecule has 1 atom stereocenters. The maximum Gasteiger partial charge on any atom is 0.427 e. The van der Waals surface area contributed by atoms with Crippen molar-refractivity contribution in [2.24, 2.45) is 0 Å². The van der Waals surface area contributed by atoms with Crippen molar-refractivity contribution in [1.29, 1.82) is 0 Å². The molecule has 1 saturated heterocycles. The number of halogens is 3. The maximum absolute atomic E-state index is 12.7. The lowest BCUT2D eigenvalue weighted by molar-refractivity contribution is -0.134. The fourth-order valence-corrected chi connectivity index (χ4v) is 3.34. The molecule has 22 heavy (non-hydrogen) atoms. The van der Waals surface area contributed by atoms with E-state index in [0.717, 1.165) is 31.4 Å². The topological polar surface area (TPSA) is 41.1 Å². The molecule has 1 unspecified atom stereocenters. The molecule has 1 aliphatic rings. The Bertz CT molecular complexity index is 614. The molecule has 0 aromatic carbocycles. The Morgan fingerprint density at radius 3 is 2.91 bits per heavy atom. The van der Waals surface area contributed by atoms with Crippen LogP contribution in [0.3, 0.4) is 0 Å². The summed E-state index contributed by atoms with van der Waals surface area (Å²) in [5, 5.41) is 3.80. The Hall–Kier alpha value is -1.51. The summed E-state index contributed by atoms with van der Waals surface area (Å²) in [7, 11) is 0. The first-order valence-corrected chi connectivity index (χ1v) is 7.72. The van der Waals surface area contributed by atoms with Gasteiger partial charge in [0.15, 0.2) is 0 Å². The molecule has 0 spiro atoms. The molecule has 0 saturated carbocycles. The average Bonchev–Trinajstić information content (AvgIpc) is 2.97. The molecule has 0 amide bonds. The Morgan fingerprint density at radius 1 is 1.36 bits per heavy atom. The van der Waals surface area contributed by atoms with Crippen LogP contribution in [-0.4, -0.2) is 34.5 Å². The van der Waals surface area contributed by atoms with Crippen molar-refractivity contribution in [2.75, 3.05) is 19.6 Å². The van der Waals surface area contributed by atoms with Gasteiger partial charge in [-0.05, 0) is 11.6 Å². The molecule has 3 heterocycles. The Labute approximate surface area is 130 Å². The molecule has 0 bridgehead atoms. The molecule has 118 valence electrons. The Kier molecular flexibility index (Phi) is 4.42. The van der Waals surface area contributed by atoms with Crippen molar-refractivity contribution in [3.8, 4) is 0 Å². The van der Waals surface area contributed by atoms with Crippen molar-refractivity contribution in [2.45, 2.75) is 18.8 Å². The highest BCUT2D eigenvalue weighted by molar-refractivity contribution is 7.11. The van der Waals surface area contributed by atoms with Gasteiger partial charge in [0.2, 0.25) is 0 Å². The molecule has 2 aromatic heterocycles. The first-order chi connectivity index (χ1) is 10.5. The third-order valence-corrected chi connectivity index (χ3v) is 4.62. The summed E-state index contributed by atoms with van der Waals surface area (Å²) in [6.45, 7) is 2.75. The lowest BCUT2D eigenvalue weighted by Crippen LogP contribution is -2.45. The molecule has 0 radical (unpaired) electrons. The number of nitrogens with one attached hydrogen (secondary N) is 1. The summed E-state index contributed by atoms with van der Waals surface area (Å²) in [6, 6.07) is 3.95. The van der Waals surface area contributed by atoms with Gasteiger partial charge >= 0.3 is 6.18 Å². The number of alkyl halides is 3. The van der Waals surface area contributed by atoms with Gasteiger partial charge in [-0.2, -0.15) is 13.2 Å². The van der Waals surface area contributed by atoms with Crippen LogP contribution < -0.4 is 5.32 Å². The predicted molar refractivity (Wildman–Crippen MR) is 77.4 cm³/mol. The van der Waals surface area contributed by atoms with Crippen molar-refractivity contribution in [3.63, 3.8) is 0 Å². The fourth-order valence-electron chi connectivity index (χ4n) is 2.53. The van der Waals surface area contributed by atoms with E-state index in [9.17, 15) is 13.2 Å². The number of aromatic nitrogens is 2. The highest BCUT2D eigenvalue weighted by atomic mass is 32.1. The van der Waals surface area contributed by atoms with Crippen LogP contribution in [0.15, 0.2) is 30.7 Å². The number of thiazole rings is 1. The minimum atomic E-state index is -4.32. The van der Waals surface area contributed by atoms with Crippen molar-refractivity contribution in [1.82, 2.24) is 20.2 Å². The van der Waals surface area contributed by atoms with Crippen LogP contribution in [0, 0.1) is 0 Å². The minimum Gasteiger partial charge on any atom is -0.314 e. The van der Waals surface area contributed by atoms with Gasteiger partial charge in [0.25, 0.3) is 0 Å². The number of pyridine rings is 1. The van der Waals surface area contributed by atoms with Crippen molar-refractivity contribution < 1.29 is 13.2 Å². The largest absolute Gasteiger partial charge is 0.427 e. The van der Waals surface area contributed by atoms with E-state index in [1.807, 2.05) is 12.1 Å². The SMILES string of the molecule is FC(F)(F)c1cnc(CN2CCNCC2c2cccnc2)s1. The van der Waals surface area contributed by atoms with E-state index in [2.05, 4.69) is 20.2 Å². The van der Waals surface area contributed by atoms with Crippen LogP contribution in [0.25, 0.3) is 0 Å². The average molecular weight is 328 g/mol. The zero-order valence-corrected chi connectivity index (χ0v) is 12.5. The Morgan fingerprint density at radius 2 is 2.23 bits per heavy atom. The van der Waals surface area contributed by atoms with E-state index in [-0.39, 0.29) is 6.04 Å². The number of piperazine rings is 1. The normalized spacial score (nSPS) is 20.2. The summed E-state index contributed by atoms with van der Waals surface area (Å²) in [5.74, 6) is 0. The van der Waals surface area contributed by atoms with E-state index < -0.39 is 11.1 Å². The number of rotatable bonds is 3. The second kappa shape index (κ2) is 6.31. The quantitative estimate of drug-likeness (QED) is 0.941. The molecule has 3 rings (SSSR count). The van der Waals surface area contributed by atoms with Crippen LogP contribution in [0.4, 0.5) is 13.2 Å². The smallest absolute Gasteiger partial charge is 0.314 e. The van der Waals surface area contributed by atoms with Crippen LogP contribution in [0.1, 0.15) is 21.5 Å². The lowest BCUT2D eigenvalue weighted by atomic mass is 10.1. The van der Waals surface area contributed by atoms with Gasteiger partial charge in [-0.15, -0.1) is 11.3 Å². The second-order valence-corrected chi connectivity index (χ2v) is 6.21. The fraction of sp³-hybridized carbons (Fsp3) is 0.429. The number of hydrogen-bond acceptors (Lipinski definition) is 5. The molecule has 1 N–H and O–H groups in total. The number of hydrogen-bond donors (Lipinski definition) is 1. The third kappa shape index (κ3) is 3.45. The van der Waals surface area contributed by atoms with E-state index in [4.69, 9.17) is 0 Å². The predicted octanol–water partition coefficient (Wildman–Crippen LogP) is 2.70. The summed E-state index contributed by atoms with van der Waals surface area (Å²) < 4.78 is 38.0. The van der Waals surface area contributed by atoms with Crippen LogP contribution in [0.5, 0.6) is 0 Å². The van der Waals surface area contributed by atoms with E-state index >= 15 is 0 Å². The zero-order chi connectivity index (χ0) is 15.6. The van der Waals surface area contributed by atoms with Gasteiger partial charge in [0, 0.05) is 38.1 Å². The van der Waals surface area contributed by atoms with Crippen LogP contribution >= 0.6 is 11.3 Å². The summed E-state index contributed by atoms with van der Waals surface area (Å²) in [4.78, 5) is 9.55. The molecule has 4 nitrogen and oxygen atoms in total. The van der Waals surface area contributed by atoms with Crippen LogP contribution in [0.2, 0.25) is 0 Å². The lowest BCUT2D eigenvalue weighted by Gasteiger charge is -2.35. The van der Waals surface area contributed by atoms with Gasteiger partial charge in [-0.1, -0.05) is 6.07 Å². The van der Waals surface area contributed by atoms with Crippen molar-refractivity contribution >= 4 is 11.3 Å². The monoisotopic (exact) mass is 328 g/mol. The van der Waals surface area contributed by atoms with Gasteiger partial charge in [0.1, 0.15) is 9.88 Å². The molecule has 1 aliphatic heterocycles. The Balaban J connectivity index is 1.76. The molecular formula is C14H15F3N4S. The highest BCUT2D eigenvalue weighted by Crippen LogP contribution is 2.34. The second-order valence-electron chi connectivity index (χ2n) is 5.09. The highest BCUT2D eigenvalue weighted by Gasteiger charge is 2.34. The van der Waals surface area contributed by atoms with Gasteiger partial charge in [-0.3, -0.25) is 9.88 Å². The third-order valence-electron chi connectivity index (χ3n) is 3.59. The summed E-state index contributed by atoms with van der Waals surface area (Å²) in [5.41, 5.74) is 1.06. The molecule has 1 fully saturated rings. The molecule has 0 aliphatic carbocycles. The standard InChI is InChI=1S/C14H15F3N4S/c15-14(16,17)12-8-20-13(22-12)9-21-5-4-19-7-11(21)10-2-1-3-18-6-10/h1-3,6,8,11,19H,4-5,7,9H2. The summed E-state index contributed by atoms with van der Waals surface area (Å²) >= 11 is 0.717. The number of nitrogens with zero attached hydrogens (tertiary/aromatic N) is 3. The van der Waals surface area contributed by atoms with Gasteiger partial charge in [-0.25, -0.2) is 4.98 Å². The molecule has 2 aromatic rings. The molecular weight excluding hydrogens is 313 g/mol. The zero-order valence-electron chi connectivity index (χ0n) is 11.7. The first kappa shape index (κ1) is 15.4. The van der Waals surface area contributed by atoms with E-state index in [1.54, 1.807) is 12.4 Å². The van der Waals surface area contributed by atoms with Gasteiger partial charge < -0.3 is 5.32 Å². The van der Waals surface area contributed by atoms with E-state index in [0.29, 0.717) is 22.9 Å².